The Kier molecular flexibility index (Phi) is 2.56. The van der Waals surface area contributed by atoms with Crippen molar-refractivity contribution in [3.05, 3.63) is 29.7 Å². The highest BCUT2D eigenvalue weighted by Gasteiger charge is 2.35. The molecule has 0 radical (unpaired) electrons. The number of fused-ring (bicyclic) bond motifs is 1. The fourth-order valence-corrected chi connectivity index (χ4v) is 2.02. The van der Waals surface area contributed by atoms with Crippen LogP contribution in [0, 0.1) is 6.92 Å². The van der Waals surface area contributed by atoms with Crippen LogP contribution in [0.15, 0.2) is 23.0 Å². The Labute approximate surface area is 111 Å². The minimum atomic E-state index is -4.51. The highest BCUT2D eigenvalue weighted by Crippen LogP contribution is 2.37. The van der Waals surface area contributed by atoms with E-state index in [0.29, 0.717) is 5.56 Å². The van der Waals surface area contributed by atoms with Gasteiger partial charge in [0.2, 0.25) is 0 Å². The van der Waals surface area contributed by atoms with Crippen LogP contribution in [0.1, 0.15) is 11.3 Å². The molecule has 5 nitrogen and oxygen atoms in total. The highest BCUT2D eigenvalue weighted by molar-refractivity contribution is 5.83. The van der Waals surface area contributed by atoms with Gasteiger partial charge in [-0.1, -0.05) is 5.16 Å². The number of hydrogen-bond donors (Lipinski definition) is 0. The van der Waals surface area contributed by atoms with Gasteiger partial charge in [-0.3, -0.25) is 4.68 Å². The molecule has 0 fully saturated rings. The molecule has 3 heterocycles. The van der Waals surface area contributed by atoms with E-state index in [-0.39, 0.29) is 22.5 Å². The Morgan fingerprint density at radius 1 is 1.30 bits per heavy atom. The summed E-state index contributed by atoms with van der Waals surface area (Å²) in [5.74, 6) is 0. The van der Waals surface area contributed by atoms with E-state index in [4.69, 9.17) is 4.52 Å². The molecule has 0 aliphatic heterocycles. The number of rotatable bonds is 1. The van der Waals surface area contributed by atoms with Gasteiger partial charge >= 0.3 is 6.18 Å². The van der Waals surface area contributed by atoms with Gasteiger partial charge in [0.05, 0.1) is 28.5 Å². The molecule has 0 unspecified atom stereocenters. The number of halogens is 3. The first-order chi connectivity index (χ1) is 9.36. The Morgan fingerprint density at radius 2 is 2.05 bits per heavy atom. The van der Waals surface area contributed by atoms with Crippen molar-refractivity contribution in [2.75, 3.05) is 0 Å². The summed E-state index contributed by atoms with van der Waals surface area (Å²) in [6, 6.07) is 0.990. The lowest BCUT2D eigenvalue weighted by atomic mass is 10.1. The van der Waals surface area contributed by atoms with E-state index in [2.05, 4.69) is 15.2 Å². The van der Waals surface area contributed by atoms with Gasteiger partial charge in [0.1, 0.15) is 0 Å². The number of aromatic nitrogens is 4. The van der Waals surface area contributed by atoms with Crippen LogP contribution < -0.4 is 0 Å². The van der Waals surface area contributed by atoms with Crippen molar-refractivity contribution in [2.45, 2.75) is 13.1 Å². The molecule has 0 spiro atoms. The van der Waals surface area contributed by atoms with E-state index in [1.807, 2.05) is 0 Å². The third-order valence-corrected chi connectivity index (χ3v) is 2.92. The van der Waals surface area contributed by atoms with Gasteiger partial charge < -0.3 is 4.52 Å². The predicted molar refractivity (Wildman–Crippen MR) is 63.7 cm³/mol. The summed E-state index contributed by atoms with van der Waals surface area (Å²) in [5.41, 5.74) is -0.142. The fourth-order valence-electron chi connectivity index (χ4n) is 2.02. The van der Waals surface area contributed by atoms with E-state index in [9.17, 15) is 13.2 Å². The third kappa shape index (κ3) is 1.93. The van der Waals surface area contributed by atoms with Crippen LogP contribution >= 0.6 is 0 Å². The van der Waals surface area contributed by atoms with Crippen LogP contribution in [-0.2, 0) is 13.2 Å². The van der Waals surface area contributed by atoms with E-state index < -0.39 is 11.7 Å². The molecule has 104 valence electrons. The first-order valence-corrected chi connectivity index (χ1v) is 5.69. The van der Waals surface area contributed by atoms with Crippen LogP contribution in [-0.4, -0.2) is 19.9 Å². The lowest BCUT2D eigenvalue weighted by molar-refractivity contribution is -0.136. The molecule has 20 heavy (non-hydrogen) atoms. The van der Waals surface area contributed by atoms with Crippen LogP contribution in [0.4, 0.5) is 13.2 Å². The summed E-state index contributed by atoms with van der Waals surface area (Å²) in [7, 11) is 1.67. The largest absolute Gasteiger partial charge is 0.417 e. The lowest BCUT2D eigenvalue weighted by Crippen LogP contribution is -2.07. The highest BCUT2D eigenvalue weighted by atomic mass is 19.4. The van der Waals surface area contributed by atoms with E-state index in [1.165, 1.54) is 17.8 Å². The minimum Gasteiger partial charge on any atom is -0.336 e. The Balaban J connectivity index is 2.31. The van der Waals surface area contributed by atoms with Crippen molar-refractivity contribution in [3.8, 4) is 11.3 Å². The van der Waals surface area contributed by atoms with Gasteiger partial charge in [-0.25, -0.2) is 4.98 Å². The van der Waals surface area contributed by atoms with Gasteiger partial charge in [0.25, 0.3) is 5.71 Å². The molecule has 0 aliphatic carbocycles. The third-order valence-electron chi connectivity index (χ3n) is 2.92. The monoisotopic (exact) mass is 282 g/mol. The molecular formula is C12H9F3N4O. The van der Waals surface area contributed by atoms with Crippen LogP contribution in [0.3, 0.4) is 0 Å². The first kappa shape index (κ1) is 12.6. The number of alkyl halides is 3. The van der Waals surface area contributed by atoms with Gasteiger partial charge in [0.15, 0.2) is 0 Å². The second-order valence-electron chi connectivity index (χ2n) is 4.40. The van der Waals surface area contributed by atoms with E-state index in [1.54, 1.807) is 13.2 Å². The molecule has 8 heteroatoms. The average molecular weight is 282 g/mol. The SMILES string of the molecule is Cc1noc2nc(-c3cnn(C)c3)cc(C(F)(F)F)c12. The summed E-state index contributed by atoms with van der Waals surface area (Å²) in [6.07, 6.45) is -1.48. The number of hydrogen-bond acceptors (Lipinski definition) is 4. The Bertz CT molecular complexity index is 788. The van der Waals surface area contributed by atoms with E-state index >= 15 is 0 Å². The molecular weight excluding hydrogens is 273 g/mol. The number of nitrogens with zero attached hydrogens (tertiary/aromatic N) is 4. The minimum absolute atomic E-state index is 0.106. The molecule has 0 saturated heterocycles. The van der Waals surface area contributed by atoms with Crippen molar-refractivity contribution in [3.63, 3.8) is 0 Å². The summed E-state index contributed by atoms with van der Waals surface area (Å²) < 4.78 is 45.8. The maximum absolute atomic E-state index is 13.2. The summed E-state index contributed by atoms with van der Waals surface area (Å²) in [4.78, 5) is 4.07. The van der Waals surface area contributed by atoms with Gasteiger partial charge in [-0.15, -0.1) is 0 Å². The first-order valence-electron chi connectivity index (χ1n) is 5.69. The molecule has 3 aromatic rings. The molecule has 0 bridgehead atoms. The molecule has 0 atom stereocenters. The van der Waals surface area contributed by atoms with Gasteiger partial charge in [-0.05, 0) is 13.0 Å². The topological polar surface area (TPSA) is 56.7 Å². The molecule has 3 rings (SSSR count). The molecule has 3 aromatic heterocycles. The maximum Gasteiger partial charge on any atom is 0.417 e. The second kappa shape index (κ2) is 4.06. The zero-order chi connectivity index (χ0) is 14.5. The zero-order valence-electron chi connectivity index (χ0n) is 10.6. The Hall–Kier alpha value is -2.38. The molecule has 0 aromatic carbocycles. The lowest BCUT2D eigenvalue weighted by Gasteiger charge is -2.09. The van der Waals surface area contributed by atoms with Crippen molar-refractivity contribution >= 4 is 11.1 Å². The van der Waals surface area contributed by atoms with E-state index in [0.717, 1.165) is 6.07 Å². The molecule has 0 N–H and O–H groups in total. The molecule has 0 amide bonds. The predicted octanol–water partition coefficient (Wildman–Crippen LogP) is 2.95. The second-order valence-corrected chi connectivity index (χ2v) is 4.40. The van der Waals surface area contributed by atoms with Gasteiger partial charge in [-0.2, -0.15) is 18.3 Å². The normalized spacial score (nSPS) is 12.2. The number of aryl methyl sites for hydroxylation is 2. The van der Waals surface area contributed by atoms with Crippen LogP contribution in [0.5, 0.6) is 0 Å². The zero-order valence-corrected chi connectivity index (χ0v) is 10.6. The van der Waals surface area contributed by atoms with Gasteiger partial charge in [0, 0.05) is 18.8 Å². The summed E-state index contributed by atoms with van der Waals surface area (Å²) in [6.45, 7) is 1.45. The fraction of sp³-hybridized carbons (Fsp3) is 0.250. The van der Waals surface area contributed by atoms with Crippen molar-refractivity contribution in [1.29, 1.82) is 0 Å². The maximum atomic E-state index is 13.2. The summed E-state index contributed by atoms with van der Waals surface area (Å²) >= 11 is 0. The summed E-state index contributed by atoms with van der Waals surface area (Å²) in [5, 5.41) is 7.36. The smallest absolute Gasteiger partial charge is 0.336 e. The van der Waals surface area contributed by atoms with Crippen molar-refractivity contribution in [2.24, 2.45) is 7.05 Å². The Morgan fingerprint density at radius 3 is 2.65 bits per heavy atom. The molecule has 0 saturated carbocycles. The van der Waals surface area contributed by atoms with Crippen molar-refractivity contribution in [1.82, 2.24) is 19.9 Å². The average Bonchev–Trinajstić information content (AvgIpc) is 2.94. The standard InChI is InChI=1S/C12H9F3N4O/c1-6-10-8(12(13,14)15)3-9(17-11(10)20-18-6)7-4-16-19(2)5-7/h3-5H,1-2H3. The quantitative estimate of drug-likeness (QED) is 0.688. The number of pyridine rings is 1. The molecule has 0 aliphatic rings. The van der Waals surface area contributed by atoms with Crippen LogP contribution in [0.2, 0.25) is 0 Å². The van der Waals surface area contributed by atoms with Crippen LogP contribution in [0.25, 0.3) is 22.4 Å². The van der Waals surface area contributed by atoms with Crippen molar-refractivity contribution < 1.29 is 17.7 Å².